The summed E-state index contributed by atoms with van der Waals surface area (Å²) in [5, 5.41) is 0.447. The molecule has 0 N–H and O–H groups in total. The van der Waals surface area contributed by atoms with Gasteiger partial charge in [-0.15, -0.1) is 0 Å². The fourth-order valence-electron chi connectivity index (χ4n) is 1.27. The lowest BCUT2D eigenvalue weighted by Crippen LogP contribution is -2.11. The summed E-state index contributed by atoms with van der Waals surface area (Å²) in [6, 6.07) is 5.02. The Morgan fingerprint density at radius 1 is 1.35 bits per heavy atom. The van der Waals surface area contributed by atoms with Crippen LogP contribution >= 0.6 is 11.6 Å². The number of carbonyl (C=O) groups is 1. The molecule has 0 bridgehead atoms. The zero-order chi connectivity index (χ0) is 12.8. The number of Topliss-reactive ketones (excluding diaryl/α,β-unsaturated/α-hetero) is 1. The Kier molecular flexibility index (Phi) is 5.45. The van der Waals surface area contributed by atoms with E-state index >= 15 is 0 Å². The van der Waals surface area contributed by atoms with E-state index < -0.39 is 0 Å². The van der Waals surface area contributed by atoms with Crippen LogP contribution in [0.4, 0.5) is 0 Å². The largest absolute Gasteiger partial charge is 0.490 e. The van der Waals surface area contributed by atoms with E-state index in [2.05, 4.69) is 0 Å². The zero-order valence-corrected chi connectivity index (χ0v) is 11.1. The van der Waals surface area contributed by atoms with Gasteiger partial charge in [0.1, 0.15) is 12.4 Å². The molecular weight excluding hydrogens is 240 g/mol. The highest BCUT2D eigenvalue weighted by atomic mass is 35.5. The number of ether oxygens (including phenoxy) is 2. The fraction of sp³-hybridized carbons (Fsp3) is 0.462. The summed E-state index contributed by atoms with van der Waals surface area (Å²) >= 11 is 6.00. The van der Waals surface area contributed by atoms with Crippen molar-refractivity contribution in [2.45, 2.75) is 26.9 Å². The third-order valence-electron chi connectivity index (χ3n) is 2.13. The van der Waals surface area contributed by atoms with Crippen LogP contribution < -0.4 is 4.74 Å². The minimum absolute atomic E-state index is 0.0124. The predicted molar refractivity (Wildman–Crippen MR) is 68.0 cm³/mol. The first-order chi connectivity index (χ1) is 8.00. The van der Waals surface area contributed by atoms with Crippen LogP contribution in [0.15, 0.2) is 18.2 Å². The van der Waals surface area contributed by atoms with Crippen LogP contribution in [-0.4, -0.2) is 25.1 Å². The summed E-state index contributed by atoms with van der Waals surface area (Å²) in [6.07, 6.45) is 0.189. The van der Waals surface area contributed by atoms with E-state index in [0.717, 1.165) is 0 Å². The number of rotatable bonds is 6. The van der Waals surface area contributed by atoms with E-state index in [9.17, 15) is 4.79 Å². The van der Waals surface area contributed by atoms with E-state index in [4.69, 9.17) is 21.1 Å². The van der Waals surface area contributed by atoms with Gasteiger partial charge in [0, 0.05) is 5.56 Å². The van der Waals surface area contributed by atoms with Crippen molar-refractivity contribution in [2.75, 3.05) is 13.2 Å². The van der Waals surface area contributed by atoms with Crippen molar-refractivity contribution in [3.63, 3.8) is 0 Å². The summed E-state index contributed by atoms with van der Waals surface area (Å²) < 4.78 is 10.8. The maximum Gasteiger partial charge on any atom is 0.159 e. The normalized spacial score (nSPS) is 10.6. The Morgan fingerprint density at radius 3 is 2.59 bits per heavy atom. The highest BCUT2D eigenvalue weighted by Crippen LogP contribution is 2.25. The lowest BCUT2D eigenvalue weighted by atomic mass is 10.1. The van der Waals surface area contributed by atoms with E-state index in [0.29, 0.717) is 29.5 Å². The van der Waals surface area contributed by atoms with Gasteiger partial charge in [-0.2, -0.15) is 0 Å². The second kappa shape index (κ2) is 6.62. The van der Waals surface area contributed by atoms with Gasteiger partial charge in [-0.3, -0.25) is 4.79 Å². The van der Waals surface area contributed by atoms with Crippen LogP contribution in [0.2, 0.25) is 5.02 Å². The Morgan fingerprint density at radius 2 is 2.06 bits per heavy atom. The fourth-order valence-corrected chi connectivity index (χ4v) is 1.51. The topological polar surface area (TPSA) is 35.5 Å². The molecule has 0 heterocycles. The standard InChI is InChI=1S/C13H17ClO3/c1-9(2)16-6-7-17-13-5-4-11(10(3)15)8-12(13)14/h4-5,8-9H,6-7H2,1-3H3. The van der Waals surface area contributed by atoms with Crippen molar-refractivity contribution in [2.24, 2.45) is 0 Å². The Balaban J connectivity index is 2.52. The van der Waals surface area contributed by atoms with Crippen LogP contribution in [0.25, 0.3) is 0 Å². The predicted octanol–water partition coefficient (Wildman–Crippen LogP) is 3.35. The summed E-state index contributed by atoms with van der Waals surface area (Å²) in [4.78, 5) is 11.1. The minimum Gasteiger partial charge on any atom is -0.490 e. The quantitative estimate of drug-likeness (QED) is 0.578. The van der Waals surface area contributed by atoms with E-state index in [1.165, 1.54) is 6.92 Å². The minimum atomic E-state index is -0.0124. The number of halogens is 1. The molecule has 1 rings (SSSR count). The molecule has 0 unspecified atom stereocenters. The molecule has 0 aliphatic carbocycles. The first-order valence-corrected chi connectivity index (χ1v) is 5.93. The van der Waals surface area contributed by atoms with Crippen LogP contribution in [0.3, 0.4) is 0 Å². The van der Waals surface area contributed by atoms with Gasteiger partial charge in [-0.1, -0.05) is 11.6 Å². The van der Waals surface area contributed by atoms with Crippen LogP contribution in [0, 0.1) is 0 Å². The second-order valence-corrected chi connectivity index (χ2v) is 4.38. The number of benzene rings is 1. The van der Waals surface area contributed by atoms with Gasteiger partial charge >= 0.3 is 0 Å². The van der Waals surface area contributed by atoms with E-state index in [1.54, 1.807) is 18.2 Å². The number of hydrogen-bond donors (Lipinski definition) is 0. The summed E-state index contributed by atoms with van der Waals surface area (Å²) in [6.45, 7) is 6.39. The molecule has 0 spiro atoms. The first-order valence-electron chi connectivity index (χ1n) is 5.55. The summed E-state index contributed by atoms with van der Waals surface area (Å²) in [5.41, 5.74) is 0.584. The Bertz CT molecular complexity index is 388. The van der Waals surface area contributed by atoms with Gasteiger partial charge in [0.2, 0.25) is 0 Å². The molecule has 0 aliphatic rings. The van der Waals surface area contributed by atoms with Gasteiger partial charge in [-0.25, -0.2) is 0 Å². The maximum absolute atomic E-state index is 11.1. The van der Waals surface area contributed by atoms with Gasteiger partial charge < -0.3 is 9.47 Å². The Labute approximate surface area is 107 Å². The summed E-state index contributed by atoms with van der Waals surface area (Å²) in [5.74, 6) is 0.561. The van der Waals surface area contributed by atoms with Gasteiger partial charge in [-0.05, 0) is 39.0 Å². The molecule has 0 aromatic heterocycles. The molecule has 0 saturated heterocycles. The van der Waals surface area contributed by atoms with Crippen molar-refractivity contribution in [3.05, 3.63) is 28.8 Å². The smallest absolute Gasteiger partial charge is 0.159 e. The highest BCUT2D eigenvalue weighted by molar-refractivity contribution is 6.32. The van der Waals surface area contributed by atoms with E-state index in [-0.39, 0.29) is 11.9 Å². The van der Waals surface area contributed by atoms with Crippen molar-refractivity contribution in [3.8, 4) is 5.75 Å². The van der Waals surface area contributed by atoms with Crippen LogP contribution in [0.1, 0.15) is 31.1 Å². The van der Waals surface area contributed by atoms with Crippen molar-refractivity contribution >= 4 is 17.4 Å². The molecule has 1 aromatic carbocycles. The molecule has 17 heavy (non-hydrogen) atoms. The number of ketones is 1. The molecule has 1 aromatic rings. The van der Waals surface area contributed by atoms with Crippen molar-refractivity contribution < 1.29 is 14.3 Å². The van der Waals surface area contributed by atoms with Gasteiger partial charge in [0.25, 0.3) is 0 Å². The first kappa shape index (κ1) is 14.0. The van der Waals surface area contributed by atoms with Crippen LogP contribution in [0.5, 0.6) is 5.75 Å². The number of carbonyl (C=O) groups excluding carboxylic acids is 1. The van der Waals surface area contributed by atoms with Gasteiger partial charge in [0.05, 0.1) is 17.7 Å². The molecule has 0 saturated carbocycles. The maximum atomic E-state index is 11.1. The molecule has 0 radical (unpaired) electrons. The molecule has 3 nitrogen and oxygen atoms in total. The molecular formula is C13H17ClO3. The average Bonchev–Trinajstić information content (AvgIpc) is 2.25. The second-order valence-electron chi connectivity index (χ2n) is 3.97. The van der Waals surface area contributed by atoms with Crippen molar-refractivity contribution in [1.29, 1.82) is 0 Å². The lowest BCUT2D eigenvalue weighted by molar-refractivity contribution is 0.0553. The monoisotopic (exact) mass is 256 g/mol. The molecule has 0 aliphatic heterocycles. The Hall–Kier alpha value is -1.06. The highest BCUT2D eigenvalue weighted by Gasteiger charge is 2.06. The number of hydrogen-bond acceptors (Lipinski definition) is 3. The van der Waals surface area contributed by atoms with Crippen LogP contribution in [-0.2, 0) is 4.74 Å². The SMILES string of the molecule is CC(=O)c1ccc(OCCOC(C)C)c(Cl)c1. The van der Waals surface area contributed by atoms with E-state index in [1.807, 2.05) is 13.8 Å². The summed E-state index contributed by atoms with van der Waals surface area (Å²) in [7, 11) is 0. The molecule has 94 valence electrons. The molecule has 0 fully saturated rings. The molecule has 0 atom stereocenters. The van der Waals surface area contributed by atoms with Crippen molar-refractivity contribution in [1.82, 2.24) is 0 Å². The molecule has 4 heteroatoms. The zero-order valence-electron chi connectivity index (χ0n) is 10.3. The molecule has 0 amide bonds. The van der Waals surface area contributed by atoms with Gasteiger partial charge in [0.15, 0.2) is 5.78 Å². The average molecular weight is 257 g/mol. The lowest BCUT2D eigenvalue weighted by Gasteiger charge is -2.10. The third-order valence-corrected chi connectivity index (χ3v) is 2.43. The third kappa shape index (κ3) is 4.75.